The molecule has 0 aliphatic rings. The average Bonchev–Trinajstić information content (AvgIpc) is 2.50. The highest BCUT2D eigenvalue weighted by Gasteiger charge is 2.18. The molecule has 0 saturated heterocycles. The molecule has 7 heteroatoms. The summed E-state index contributed by atoms with van der Waals surface area (Å²) in [7, 11) is 0. The number of hydrogen-bond donors (Lipinski definition) is 1. The lowest BCUT2D eigenvalue weighted by atomic mass is 10.1. The summed E-state index contributed by atoms with van der Waals surface area (Å²) in [5.74, 6) is -4.45. The van der Waals surface area contributed by atoms with Gasteiger partial charge in [0.15, 0.2) is 11.6 Å². The summed E-state index contributed by atoms with van der Waals surface area (Å²) in [5.41, 5.74) is 0.411. The minimum atomic E-state index is -1.25. The standard InChI is InChI=1S/C16H11F2NO4/c1-9(21)23-15-7-14(18)13(17)6-12(15)16(22)19-11-4-2-10(8-20)3-5-11/h2-8H,1H3,(H,19,22). The lowest BCUT2D eigenvalue weighted by molar-refractivity contribution is -0.131. The van der Waals surface area contributed by atoms with E-state index in [9.17, 15) is 23.2 Å². The van der Waals surface area contributed by atoms with Gasteiger partial charge in [0, 0.05) is 24.2 Å². The molecule has 2 rings (SSSR count). The van der Waals surface area contributed by atoms with Crippen molar-refractivity contribution < 1.29 is 27.9 Å². The second kappa shape index (κ2) is 6.78. The SMILES string of the molecule is CC(=O)Oc1cc(F)c(F)cc1C(=O)Nc1ccc(C=O)cc1. The van der Waals surface area contributed by atoms with Crippen molar-refractivity contribution >= 4 is 23.9 Å². The number of carbonyl (C=O) groups excluding carboxylic acids is 3. The Morgan fingerprint density at radius 2 is 1.70 bits per heavy atom. The van der Waals surface area contributed by atoms with E-state index in [1.807, 2.05) is 0 Å². The van der Waals surface area contributed by atoms with Crippen LogP contribution in [0.4, 0.5) is 14.5 Å². The van der Waals surface area contributed by atoms with E-state index in [4.69, 9.17) is 4.74 Å². The number of carbonyl (C=O) groups is 3. The average molecular weight is 319 g/mol. The van der Waals surface area contributed by atoms with Crippen LogP contribution in [0.3, 0.4) is 0 Å². The highest BCUT2D eigenvalue weighted by molar-refractivity contribution is 6.06. The molecule has 0 aliphatic carbocycles. The van der Waals surface area contributed by atoms with Crippen LogP contribution in [0.15, 0.2) is 36.4 Å². The first-order valence-electron chi connectivity index (χ1n) is 6.44. The molecule has 0 aliphatic heterocycles. The smallest absolute Gasteiger partial charge is 0.308 e. The van der Waals surface area contributed by atoms with Gasteiger partial charge in [-0.25, -0.2) is 8.78 Å². The van der Waals surface area contributed by atoms with Gasteiger partial charge < -0.3 is 10.1 Å². The van der Waals surface area contributed by atoms with Crippen LogP contribution >= 0.6 is 0 Å². The van der Waals surface area contributed by atoms with E-state index >= 15 is 0 Å². The molecule has 0 heterocycles. The molecular formula is C16H11F2NO4. The Bertz CT molecular complexity index is 772. The first kappa shape index (κ1) is 16.3. The molecular weight excluding hydrogens is 308 g/mol. The Balaban J connectivity index is 2.31. The number of esters is 1. The number of ether oxygens (including phenoxy) is 1. The van der Waals surface area contributed by atoms with Gasteiger partial charge in [0.1, 0.15) is 12.0 Å². The minimum Gasteiger partial charge on any atom is -0.426 e. The molecule has 23 heavy (non-hydrogen) atoms. The number of benzene rings is 2. The van der Waals surface area contributed by atoms with Crippen LogP contribution in [0.2, 0.25) is 0 Å². The molecule has 0 unspecified atom stereocenters. The second-order valence-corrected chi connectivity index (χ2v) is 4.55. The maximum absolute atomic E-state index is 13.4. The molecule has 5 nitrogen and oxygen atoms in total. The Morgan fingerprint density at radius 3 is 2.26 bits per heavy atom. The van der Waals surface area contributed by atoms with E-state index in [1.165, 1.54) is 24.3 Å². The van der Waals surface area contributed by atoms with Crippen LogP contribution in [-0.2, 0) is 4.79 Å². The van der Waals surface area contributed by atoms with E-state index in [0.29, 0.717) is 29.7 Å². The van der Waals surface area contributed by atoms with Crippen LogP contribution in [0.5, 0.6) is 5.75 Å². The third kappa shape index (κ3) is 3.97. The van der Waals surface area contributed by atoms with Gasteiger partial charge in [-0.1, -0.05) is 0 Å². The molecule has 1 amide bonds. The fourth-order valence-electron chi connectivity index (χ4n) is 1.79. The first-order chi connectivity index (χ1) is 10.9. The third-order valence-electron chi connectivity index (χ3n) is 2.83. The van der Waals surface area contributed by atoms with Crippen LogP contribution in [0.25, 0.3) is 0 Å². The fourth-order valence-corrected chi connectivity index (χ4v) is 1.79. The molecule has 0 aromatic heterocycles. The van der Waals surface area contributed by atoms with Gasteiger partial charge in [0.25, 0.3) is 5.91 Å². The summed E-state index contributed by atoms with van der Waals surface area (Å²) < 4.78 is 31.3. The Morgan fingerprint density at radius 1 is 1.09 bits per heavy atom. The van der Waals surface area contributed by atoms with E-state index < -0.39 is 29.3 Å². The van der Waals surface area contributed by atoms with Crippen molar-refractivity contribution in [1.29, 1.82) is 0 Å². The third-order valence-corrected chi connectivity index (χ3v) is 2.83. The zero-order valence-corrected chi connectivity index (χ0v) is 11.9. The predicted octanol–water partition coefficient (Wildman–Crippen LogP) is 2.95. The summed E-state index contributed by atoms with van der Waals surface area (Å²) in [5, 5.41) is 2.43. The fraction of sp³-hybridized carbons (Fsp3) is 0.0625. The monoisotopic (exact) mass is 319 g/mol. The molecule has 0 bridgehead atoms. The molecule has 0 atom stereocenters. The van der Waals surface area contributed by atoms with E-state index in [2.05, 4.69) is 5.32 Å². The number of rotatable bonds is 4. The van der Waals surface area contributed by atoms with Crippen molar-refractivity contribution in [3.05, 3.63) is 59.2 Å². The maximum Gasteiger partial charge on any atom is 0.308 e. The quantitative estimate of drug-likeness (QED) is 0.534. The zero-order chi connectivity index (χ0) is 17.0. The topological polar surface area (TPSA) is 72.5 Å². The van der Waals surface area contributed by atoms with Gasteiger partial charge in [-0.05, 0) is 30.3 Å². The van der Waals surface area contributed by atoms with Crippen LogP contribution in [0, 0.1) is 11.6 Å². The first-order valence-corrected chi connectivity index (χ1v) is 6.44. The number of aldehydes is 1. The molecule has 0 radical (unpaired) electrons. The van der Waals surface area contributed by atoms with Crippen LogP contribution in [0.1, 0.15) is 27.6 Å². The van der Waals surface area contributed by atoms with Gasteiger partial charge in [0.2, 0.25) is 0 Å². The number of anilines is 1. The van der Waals surface area contributed by atoms with E-state index in [1.54, 1.807) is 0 Å². The number of amides is 1. The molecule has 118 valence electrons. The summed E-state index contributed by atoms with van der Waals surface area (Å²) in [6.45, 7) is 1.07. The Kier molecular flexibility index (Phi) is 4.80. The highest BCUT2D eigenvalue weighted by Crippen LogP contribution is 2.24. The summed E-state index contributed by atoms with van der Waals surface area (Å²) in [6, 6.07) is 7.14. The van der Waals surface area contributed by atoms with Crippen molar-refractivity contribution in [2.24, 2.45) is 0 Å². The summed E-state index contributed by atoms with van der Waals surface area (Å²) in [6.07, 6.45) is 0.639. The Hall–Kier alpha value is -3.09. The molecule has 2 aromatic carbocycles. The van der Waals surface area contributed by atoms with Crippen molar-refractivity contribution in [2.75, 3.05) is 5.32 Å². The van der Waals surface area contributed by atoms with Crippen molar-refractivity contribution in [3.63, 3.8) is 0 Å². The number of nitrogens with one attached hydrogen (secondary N) is 1. The van der Waals surface area contributed by atoms with E-state index in [0.717, 1.165) is 6.92 Å². The molecule has 2 aromatic rings. The summed E-state index contributed by atoms with van der Waals surface area (Å²) in [4.78, 5) is 33.7. The van der Waals surface area contributed by atoms with Crippen LogP contribution in [-0.4, -0.2) is 18.2 Å². The molecule has 0 fully saturated rings. The lowest BCUT2D eigenvalue weighted by Crippen LogP contribution is -2.16. The van der Waals surface area contributed by atoms with Crippen molar-refractivity contribution in [2.45, 2.75) is 6.92 Å². The molecule has 0 saturated carbocycles. The van der Waals surface area contributed by atoms with Gasteiger partial charge >= 0.3 is 5.97 Å². The summed E-state index contributed by atoms with van der Waals surface area (Å²) >= 11 is 0. The molecule has 1 N–H and O–H groups in total. The van der Waals surface area contributed by atoms with Crippen LogP contribution < -0.4 is 10.1 Å². The van der Waals surface area contributed by atoms with Gasteiger partial charge in [-0.2, -0.15) is 0 Å². The minimum absolute atomic E-state index is 0.333. The maximum atomic E-state index is 13.4. The zero-order valence-electron chi connectivity index (χ0n) is 11.9. The normalized spacial score (nSPS) is 10.0. The van der Waals surface area contributed by atoms with Gasteiger partial charge in [-0.3, -0.25) is 14.4 Å². The van der Waals surface area contributed by atoms with Gasteiger partial charge in [-0.15, -0.1) is 0 Å². The van der Waals surface area contributed by atoms with Crippen molar-refractivity contribution in [1.82, 2.24) is 0 Å². The lowest BCUT2D eigenvalue weighted by Gasteiger charge is -2.10. The largest absolute Gasteiger partial charge is 0.426 e. The van der Waals surface area contributed by atoms with Crippen molar-refractivity contribution in [3.8, 4) is 5.75 Å². The number of halogens is 2. The van der Waals surface area contributed by atoms with E-state index in [-0.39, 0.29) is 5.56 Å². The number of hydrogen-bond acceptors (Lipinski definition) is 4. The molecule has 0 spiro atoms. The highest BCUT2D eigenvalue weighted by atomic mass is 19.2. The second-order valence-electron chi connectivity index (χ2n) is 4.55. The van der Waals surface area contributed by atoms with Gasteiger partial charge in [0.05, 0.1) is 5.56 Å². The predicted molar refractivity (Wildman–Crippen MR) is 77.4 cm³/mol. The Labute approximate surface area is 129 Å².